The Bertz CT molecular complexity index is 156. The van der Waals surface area contributed by atoms with E-state index in [2.05, 4.69) is 0 Å². The highest BCUT2D eigenvalue weighted by Crippen LogP contribution is 2.08. The third-order valence-electron chi connectivity index (χ3n) is 1.57. The molecule has 0 aromatic heterocycles. The van der Waals surface area contributed by atoms with Crippen LogP contribution in [0.15, 0.2) is 0 Å². The number of hydrogen-bond donors (Lipinski definition) is 0. The molecule has 1 rings (SSSR count). The maximum absolute atomic E-state index is 11.1. The zero-order valence-electron chi connectivity index (χ0n) is 7.65. The monoisotopic (exact) mass is 206 g/mol. The van der Waals surface area contributed by atoms with E-state index >= 15 is 0 Å². The Balaban J connectivity index is 2.02. The molecule has 0 unspecified atom stereocenters. The molecule has 0 bridgehead atoms. The van der Waals surface area contributed by atoms with Crippen LogP contribution >= 0.6 is 11.8 Å². The van der Waals surface area contributed by atoms with Crippen molar-refractivity contribution in [3.8, 4) is 0 Å². The van der Waals surface area contributed by atoms with Crippen LogP contribution in [0.2, 0.25) is 0 Å². The summed E-state index contributed by atoms with van der Waals surface area (Å²) in [6.07, 6.45) is 1.78. The highest BCUT2D eigenvalue weighted by atomic mass is 32.2. The van der Waals surface area contributed by atoms with Crippen molar-refractivity contribution in [2.24, 2.45) is 0 Å². The van der Waals surface area contributed by atoms with Crippen molar-refractivity contribution in [1.29, 1.82) is 0 Å². The van der Waals surface area contributed by atoms with Gasteiger partial charge in [-0.25, -0.2) is 0 Å². The first-order chi connectivity index (χ1) is 6.33. The molecule has 76 valence electrons. The Morgan fingerprint density at radius 3 is 2.85 bits per heavy atom. The van der Waals surface area contributed by atoms with Crippen LogP contribution in [0.5, 0.6) is 0 Å². The quantitative estimate of drug-likeness (QED) is 0.488. The molecule has 13 heavy (non-hydrogen) atoms. The molecule has 0 radical (unpaired) electrons. The number of rotatable bonds is 5. The van der Waals surface area contributed by atoms with Gasteiger partial charge in [-0.3, -0.25) is 4.79 Å². The molecule has 1 heterocycles. The average molecular weight is 206 g/mol. The van der Waals surface area contributed by atoms with Crippen LogP contribution in [0, 0.1) is 0 Å². The lowest BCUT2D eigenvalue weighted by molar-refractivity contribution is -0.151. The minimum atomic E-state index is -0.387. The van der Waals surface area contributed by atoms with E-state index in [0.29, 0.717) is 19.8 Å². The topological polar surface area (TPSA) is 44.8 Å². The van der Waals surface area contributed by atoms with Gasteiger partial charge in [0, 0.05) is 5.75 Å². The van der Waals surface area contributed by atoms with Crippen LogP contribution in [-0.4, -0.2) is 44.1 Å². The fourth-order valence-corrected chi connectivity index (χ4v) is 1.21. The molecular weight excluding hydrogens is 192 g/mol. The first-order valence-corrected chi connectivity index (χ1v) is 5.60. The van der Waals surface area contributed by atoms with Gasteiger partial charge in [-0.1, -0.05) is 0 Å². The van der Waals surface area contributed by atoms with Gasteiger partial charge in [0.25, 0.3) is 0 Å². The lowest BCUT2D eigenvalue weighted by Gasteiger charge is -2.08. The molecule has 5 heteroatoms. The molecule has 0 spiro atoms. The molecule has 0 saturated carbocycles. The van der Waals surface area contributed by atoms with Gasteiger partial charge in [0.05, 0.1) is 19.6 Å². The van der Waals surface area contributed by atoms with Gasteiger partial charge in [0.1, 0.15) is 6.61 Å². The van der Waals surface area contributed by atoms with Gasteiger partial charge < -0.3 is 14.2 Å². The minimum absolute atomic E-state index is 0.203. The van der Waals surface area contributed by atoms with Gasteiger partial charge >= 0.3 is 5.97 Å². The molecular formula is C8H14O4S. The van der Waals surface area contributed by atoms with E-state index in [-0.39, 0.29) is 18.7 Å². The van der Waals surface area contributed by atoms with Crippen molar-refractivity contribution in [3.05, 3.63) is 0 Å². The smallest absolute Gasteiger partial charge is 0.310 e. The predicted octanol–water partition coefficient (Wildman–Crippen LogP) is 0.656. The number of ether oxygens (including phenoxy) is 3. The molecule has 0 aliphatic carbocycles. The Kier molecular flexibility index (Phi) is 5.19. The fraction of sp³-hybridized carbons (Fsp3) is 0.875. The standard InChI is InChI=1S/C8H14O4S/c1-13-5-4-10-7(9)6-8-11-2-3-12-8/h8H,2-6H2,1H3. The summed E-state index contributed by atoms with van der Waals surface area (Å²) in [5, 5.41) is 0. The summed E-state index contributed by atoms with van der Waals surface area (Å²) in [5.74, 6) is 0.582. The summed E-state index contributed by atoms with van der Waals surface area (Å²) in [5.41, 5.74) is 0. The number of esters is 1. The summed E-state index contributed by atoms with van der Waals surface area (Å²) >= 11 is 1.65. The molecule has 0 aromatic rings. The maximum Gasteiger partial charge on any atom is 0.310 e. The summed E-state index contributed by atoms with van der Waals surface area (Å²) in [6.45, 7) is 1.61. The van der Waals surface area contributed by atoms with Crippen molar-refractivity contribution in [2.45, 2.75) is 12.7 Å². The molecule has 4 nitrogen and oxygen atoms in total. The minimum Gasteiger partial charge on any atom is -0.465 e. The lowest BCUT2D eigenvalue weighted by atomic mass is 10.4. The van der Waals surface area contributed by atoms with Gasteiger partial charge in [-0.15, -0.1) is 0 Å². The Labute approximate surface area is 81.9 Å². The highest BCUT2D eigenvalue weighted by molar-refractivity contribution is 7.98. The predicted molar refractivity (Wildman–Crippen MR) is 49.7 cm³/mol. The highest BCUT2D eigenvalue weighted by Gasteiger charge is 2.20. The fourth-order valence-electron chi connectivity index (χ4n) is 0.959. The Morgan fingerprint density at radius 2 is 2.23 bits per heavy atom. The van der Waals surface area contributed by atoms with Crippen molar-refractivity contribution in [2.75, 3.05) is 31.8 Å². The van der Waals surface area contributed by atoms with E-state index in [1.54, 1.807) is 11.8 Å². The van der Waals surface area contributed by atoms with Crippen molar-refractivity contribution in [1.82, 2.24) is 0 Å². The van der Waals surface area contributed by atoms with Crippen LogP contribution in [0.3, 0.4) is 0 Å². The maximum atomic E-state index is 11.1. The Hall–Kier alpha value is -0.260. The lowest BCUT2D eigenvalue weighted by Crippen LogP contribution is -2.17. The molecule has 0 aromatic carbocycles. The summed E-state index contributed by atoms with van der Waals surface area (Å²) in [4.78, 5) is 11.1. The number of carbonyl (C=O) groups excluding carboxylic acids is 1. The van der Waals surface area contributed by atoms with Crippen LogP contribution in [-0.2, 0) is 19.0 Å². The third kappa shape index (κ3) is 4.50. The second-order valence-corrected chi connectivity index (χ2v) is 3.57. The number of thioether (sulfide) groups is 1. The zero-order valence-corrected chi connectivity index (χ0v) is 8.47. The largest absolute Gasteiger partial charge is 0.465 e. The van der Waals surface area contributed by atoms with Crippen LogP contribution in [0.25, 0.3) is 0 Å². The SMILES string of the molecule is CSCCOC(=O)CC1OCCO1. The third-order valence-corrected chi connectivity index (χ3v) is 2.15. The average Bonchev–Trinajstić information content (AvgIpc) is 2.57. The second-order valence-electron chi connectivity index (χ2n) is 2.59. The molecule has 1 aliphatic rings. The second kappa shape index (κ2) is 6.23. The van der Waals surface area contributed by atoms with Gasteiger partial charge in [-0.05, 0) is 6.26 Å². The first-order valence-electron chi connectivity index (χ1n) is 4.20. The summed E-state index contributed by atoms with van der Waals surface area (Å²) in [6, 6.07) is 0. The summed E-state index contributed by atoms with van der Waals surface area (Å²) in [7, 11) is 0. The van der Waals surface area contributed by atoms with Crippen LogP contribution < -0.4 is 0 Å². The Morgan fingerprint density at radius 1 is 1.54 bits per heavy atom. The molecule has 0 atom stereocenters. The van der Waals surface area contributed by atoms with Crippen LogP contribution in [0.4, 0.5) is 0 Å². The van der Waals surface area contributed by atoms with E-state index in [1.165, 1.54) is 0 Å². The normalized spacial score (nSPS) is 17.6. The number of carbonyl (C=O) groups is 1. The van der Waals surface area contributed by atoms with E-state index in [9.17, 15) is 4.79 Å². The van der Waals surface area contributed by atoms with Gasteiger partial charge in [0.15, 0.2) is 6.29 Å². The molecule has 1 aliphatic heterocycles. The number of hydrogen-bond acceptors (Lipinski definition) is 5. The van der Waals surface area contributed by atoms with Crippen molar-refractivity contribution in [3.63, 3.8) is 0 Å². The van der Waals surface area contributed by atoms with Crippen LogP contribution in [0.1, 0.15) is 6.42 Å². The van der Waals surface area contributed by atoms with Gasteiger partial charge in [0.2, 0.25) is 0 Å². The van der Waals surface area contributed by atoms with E-state index < -0.39 is 0 Å². The molecule has 1 saturated heterocycles. The van der Waals surface area contributed by atoms with E-state index in [1.807, 2.05) is 6.26 Å². The van der Waals surface area contributed by atoms with E-state index in [0.717, 1.165) is 5.75 Å². The molecule has 1 fully saturated rings. The molecule has 0 amide bonds. The van der Waals surface area contributed by atoms with Crippen molar-refractivity contribution < 1.29 is 19.0 Å². The molecule has 0 N–H and O–H groups in total. The van der Waals surface area contributed by atoms with E-state index in [4.69, 9.17) is 14.2 Å². The van der Waals surface area contributed by atoms with Crippen molar-refractivity contribution >= 4 is 17.7 Å². The van der Waals surface area contributed by atoms with Gasteiger partial charge in [-0.2, -0.15) is 11.8 Å². The first kappa shape index (κ1) is 10.8. The zero-order chi connectivity index (χ0) is 9.52. The summed E-state index contributed by atoms with van der Waals surface area (Å²) < 4.78 is 15.1.